The summed E-state index contributed by atoms with van der Waals surface area (Å²) in [5.41, 5.74) is 1.47. The van der Waals surface area contributed by atoms with Gasteiger partial charge in [-0.15, -0.1) is 0 Å². The molecule has 1 aromatic carbocycles. The highest BCUT2D eigenvalue weighted by Gasteiger charge is 2.06. The Kier molecular flexibility index (Phi) is 5.78. The first-order chi connectivity index (χ1) is 11.5. The lowest BCUT2D eigenvalue weighted by Crippen LogP contribution is -2.13. The van der Waals surface area contributed by atoms with Gasteiger partial charge in [-0.3, -0.25) is 4.79 Å². The Hall–Kier alpha value is -3.02. The minimum atomic E-state index is -0.455. The minimum Gasteiger partial charge on any atom is -0.482 e. The molecular weight excluding hydrogens is 310 g/mol. The smallest absolute Gasteiger partial charge is 0.343 e. The lowest BCUT2D eigenvalue weighted by molar-refractivity contribution is -0.142. The van der Waals surface area contributed by atoms with Crippen molar-refractivity contribution in [3.63, 3.8) is 0 Å². The van der Waals surface area contributed by atoms with Crippen LogP contribution in [0.2, 0.25) is 0 Å². The Bertz CT molecular complexity index is 761. The van der Waals surface area contributed by atoms with E-state index in [1.165, 1.54) is 13.2 Å². The van der Waals surface area contributed by atoms with Gasteiger partial charge in [-0.05, 0) is 55.8 Å². The van der Waals surface area contributed by atoms with E-state index in [0.717, 1.165) is 11.3 Å². The fraction of sp³-hybridized carbons (Fsp3) is 0.222. The second-order valence-corrected chi connectivity index (χ2v) is 5.11. The van der Waals surface area contributed by atoms with Gasteiger partial charge in [0.15, 0.2) is 6.61 Å². The molecule has 0 radical (unpaired) electrons. The number of hydrogen-bond acceptors (Lipinski definition) is 5. The summed E-state index contributed by atoms with van der Waals surface area (Å²) >= 11 is 0. The summed E-state index contributed by atoms with van der Waals surface area (Å²) < 4.78 is 15.2. The number of hydrogen-bond donors (Lipinski definition) is 1. The second-order valence-electron chi connectivity index (χ2n) is 5.11. The van der Waals surface area contributed by atoms with Gasteiger partial charge in [0.25, 0.3) is 0 Å². The molecule has 1 N–H and O–H groups in total. The molecule has 0 aliphatic carbocycles. The molecule has 6 nitrogen and oxygen atoms in total. The number of nitrogens with one attached hydrogen (secondary N) is 1. The van der Waals surface area contributed by atoms with E-state index in [1.807, 2.05) is 19.9 Å². The normalized spacial score (nSPS) is 10.6. The van der Waals surface area contributed by atoms with Crippen LogP contribution in [0.15, 0.2) is 40.8 Å². The zero-order valence-electron chi connectivity index (χ0n) is 13.8. The van der Waals surface area contributed by atoms with Crippen LogP contribution >= 0.6 is 0 Å². The van der Waals surface area contributed by atoms with Crippen molar-refractivity contribution in [2.24, 2.45) is 0 Å². The maximum atomic E-state index is 12.0. The fourth-order valence-electron chi connectivity index (χ4n) is 1.94. The number of aryl methyl sites for hydroxylation is 2. The number of furan rings is 1. The molecule has 0 saturated carbocycles. The SMILES string of the molecule is COC(=O)COc1ccc(NC(=O)/C=C/c2ccc(C)o2)c(C)c1. The van der Waals surface area contributed by atoms with Gasteiger partial charge in [0.2, 0.25) is 5.91 Å². The van der Waals surface area contributed by atoms with Crippen molar-refractivity contribution >= 4 is 23.6 Å². The summed E-state index contributed by atoms with van der Waals surface area (Å²) in [7, 11) is 1.30. The van der Waals surface area contributed by atoms with E-state index in [4.69, 9.17) is 9.15 Å². The Morgan fingerprint density at radius 3 is 2.62 bits per heavy atom. The lowest BCUT2D eigenvalue weighted by Gasteiger charge is -2.10. The third kappa shape index (κ3) is 5.01. The third-order valence-electron chi connectivity index (χ3n) is 3.20. The number of methoxy groups -OCH3 is 1. The zero-order valence-corrected chi connectivity index (χ0v) is 13.8. The lowest BCUT2D eigenvalue weighted by atomic mass is 10.2. The molecule has 2 aromatic rings. The topological polar surface area (TPSA) is 77.8 Å². The first kappa shape index (κ1) is 17.3. The maximum absolute atomic E-state index is 12.0. The molecule has 0 bridgehead atoms. The average molecular weight is 329 g/mol. The average Bonchev–Trinajstić information content (AvgIpc) is 2.98. The highest BCUT2D eigenvalue weighted by Crippen LogP contribution is 2.21. The molecule has 0 aliphatic heterocycles. The van der Waals surface area contributed by atoms with Crippen LogP contribution in [-0.4, -0.2) is 25.6 Å². The Morgan fingerprint density at radius 1 is 1.21 bits per heavy atom. The van der Waals surface area contributed by atoms with Crippen LogP contribution in [-0.2, 0) is 14.3 Å². The molecule has 0 fully saturated rings. The van der Waals surface area contributed by atoms with Crippen LogP contribution in [0, 0.1) is 13.8 Å². The summed E-state index contributed by atoms with van der Waals surface area (Å²) in [4.78, 5) is 23.0. The van der Waals surface area contributed by atoms with Crippen LogP contribution in [0.1, 0.15) is 17.1 Å². The second kappa shape index (κ2) is 8.01. The summed E-state index contributed by atoms with van der Waals surface area (Å²) in [6.45, 7) is 3.51. The Morgan fingerprint density at radius 2 is 2.00 bits per heavy atom. The highest BCUT2D eigenvalue weighted by atomic mass is 16.6. The standard InChI is InChI=1S/C18H19NO5/c1-12-10-15(23-11-18(21)22-3)6-8-16(12)19-17(20)9-7-14-5-4-13(2)24-14/h4-10H,11H2,1-3H3,(H,19,20)/b9-7+. The van der Waals surface area contributed by atoms with Crippen molar-refractivity contribution in [3.8, 4) is 5.75 Å². The Balaban J connectivity index is 1.95. The largest absolute Gasteiger partial charge is 0.482 e. The van der Waals surface area contributed by atoms with E-state index in [-0.39, 0.29) is 12.5 Å². The molecule has 1 amide bonds. The monoisotopic (exact) mass is 329 g/mol. The maximum Gasteiger partial charge on any atom is 0.343 e. The molecule has 1 aromatic heterocycles. The predicted molar refractivity (Wildman–Crippen MR) is 89.8 cm³/mol. The summed E-state index contributed by atoms with van der Waals surface area (Å²) in [5.74, 6) is 1.20. The van der Waals surface area contributed by atoms with Gasteiger partial charge < -0.3 is 19.2 Å². The number of amides is 1. The van der Waals surface area contributed by atoms with Crippen molar-refractivity contribution in [1.29, 1.82) is 0 Å². The van der Waals surface area contributed by atoms with Gasteiger partial charge in [-0.25, -0.2) is 4.79 Å². The first-order valence-electron chi connectivity index (χ1n) is 7.33. The molecule has 0 unspecified atom stereocenters. The summed E-state index contributed by atoms with van der Waals surface area (Å²) in [5, 5.41) is 2.78. The first-order valence-corrected chi connectivity index (χ1v) is 7.33. The van der Waals surface area contributed by atoms with E-state index in [0.29, 0.717) is 17.2 Å². The number of ether oxygens (including phenoxy) is 2. The van der Waals surface area contributed by atoms with Crippen LogP contribution in [0.3, 0.4) is 0 Å². The van der Waals surface area contributed by atoms with E-state index >= 15 is 0 Å². The highest BCUT2D eigenvalue weighted by molar-refractivity contribution is 6.02. The molecule has 1 heterocycles. The van der Waals surface area contributed by atoms with Crippen molar-refractivity contribution < 1.29 is 23.5 Å². The number of anilines is 1. The summed E-state index contributed by atoms with van der Waals surface area (Å²) in [6, 6.07) is 8.74. The third-order valence-corrected chi connectivity index (χ3v) is 3.20. The van der Waals surface area contributed by atoms with E-state index in [9.17, 15) is 9.59 Å². The molecule has 0 atom stereocenters. The number of carbonyl (C=O) groups excluding carboxylic acids is 2. The van der Waals surface area contributed by atoms with Crippen LogP contribution in [0.25, 0.3) is 6.08 Å². The number of rotatable bonds is 6. The Labute approximate surface area is 140 Å². The van der Waals surface area contributed by atoms with Crippen molar-refractivity contribution in [2.75, 3.05) is 19.0 Å². The molecule has 0 aliphatic rings. The molecular formula is C18H19NO5. The minimum absolute atomic E-state index is 0.160. The molecule has 6 heteroatoms. The molecule has 0 saturated heterocycles. The van der Waals surface area contributed by atoms with Crippen molar-refractivity contribution in [1.82, 2.24) is 0 Å². The van der Waals surface area contributed by atoms with Gasteiger partial charge in [-0.2, -0.15) is 0 Å². The van der Waals surface area contributed by atoms with E-state index in [1.54, 1.807) is 30.3 Å². The van der Waals surface area contributed by atoms with Crippen molar-refractivity contribution in [2.45, 2.75) is 13.8 Å². The van der Waals surface area contributed by atoms with Gasteiger partial charge in [0.05, 0.1) is 7.11 Å². The van der Waals surface area contributed by atoms with Gasteiger partial charge >= 0.3 is 5.97 Å². The zero-order chi connectivity index (χ0) is 17.5. The van der Waals surface area contributed by atoms with Crippen molar-refractivity contribution in [3.05, 3.63) is 53.5 Å². The summed E-state index contributed by atoms with van der Waals surface area (Å²) in [6.07, 6.45) is 3.00. The van der Waals surface area contributed by atoms with Crippen LogP contribution in [0.4, 0.5) is 5.69 Å². The van der Waals surface area contributed by atoms with Gasteiger partial charge in [0.1, 0.15) is 17.3 Å². The van der Waals surface area contributed by atoms with Crippen LogP contribution in [0.5, 0.6) is 5.75 Å². The van der Waals surface area contributed by atoms with Crippen LogP contribution < -0.4 is 10.1 Å². The number of carbonyl (C=O) groups is 2. The van der Waals surface area contributed by atoms with Gasteiger partial charge in [0, 0.05) is 11.8 Å². The molecule has 24 heavy (non-hydrogen) atoms. The van der Waals surface area contributed by atoms with Gasteiger partial charge in [-0.1, -0.05) is 0 Å². The molecule has 126 valence electrons. The fourth-order valence-corrected chi connectivity index (χ4v) is 1.94. The molecule has 0 spiro atoms. The predicted octanol–water partition coefficient (Wildman–Crippen LogP) is 3.10. The quantitative estimate of drug-likeness (QED) is 0.651. The number of esters is 1. The van der Waals surface area contributed by atoms with E-state index < -0.39 is 5.97 Å². The number of benzene rings is 1. The molecule has 2 rings (SSSR count). The van der Waals surface area contributed by atoms with E-state index in [2.05, 4.69) is 10.1 Å².